The molecule has 0 atom stereocenters. The number of hydrogen-bond donors (Lipinski definition) is 2. The first-order valence-corrected chi connectivity index (χ1v) is 3.79. The predicted molar refractivity (Wildman–Crippen MR) is 42.6 cm³/mol. The van der Waals surface area contributed by atoms with Gasteiger partial charge in [-0.3, -0.25) is 4.79 Å². The molecule has 0 spiro atoms. The molecule has 4 heteroatoms. The van der Waals surface area contributed by atoms with Crippen LogP contribution in [0.5, 0.6) is 0 Å². The van der Waals surface area contributed by atoms with Crippen LogP contribution in [0.2, 0.25) is 0 Å². The topological polar surface area (TPSA) is 66.4 Å². The van der Waals surface area contributed by atoms with Crippen molar-refractivity contribution in [1.29, 1.82) is 0 Å². The predicted octanol–water partition coefficient (Wildman–Crippen LogP) is 0.296. The van der Waals surface area contributed by atoms with Gasteiger partial charge in [0.2, 0.25) is 5.91 Å². The second kappa shape index (κ2) is 2.97. The molecule has 4 nitrogen and oxygen atoms in total. The van der Waals surface area contributed by atoms with Crippen LogP contribution >= 0.6 is 0 Å². The number of carboxylic acid groups (broad SMARTS) is 1. The first kappa shape index (κ1) is 8.77. The molecule has 2 N–H and O–H groups in total. The summed E-state index contributed by atoms with van der Waals surface area (Å²) in [6.07, 6.45) is 3.97. The third kappa shape index (κ3) is 1.64. The smallest absolute Gasteiger partial charge is 0.329 e. The molecule has 0 bridgehead atoms. The van der Waals surface area contributed by atoms with Crippen molar-refractivity contribution < 1.29 is 14.7 Å². The van der Waals surface area contributed by atoms with Crippen LogP contribution in [-0.2, 0) is 9.59 Å². The lowest BCUT2D eigenvalue weighted by molar-refractivity contribution is -0.142. The molecule has 0 saturated heterocycles. The van der Waals surface area contributed by atoms with E-state index >= 15 is 0 Å². The van der Waals surface area contributed by atoms with Crippen LogP contribution in [0.25, 0.3) is 0 Å². The number of carbonyl (C=O) groups is 2. The summed E-state index contributed by atoms with van der Waals surface area (Å²) in [6, 6.07) is 0. The second-order valence-corrected chi connectivity index (χ2v) is 2.88. The van der Waals surface area contributed by atoms with Gasteiger partial charge >= 0.3 is 5.97 Å². The molecule has 1 amide bonds. The zero-order chi connectivity index (χ0) is 9.19. The minimum Gasteiger partial charge on any atom is -0.480 e. The van der Waals surface area contributed by atoms with Crippen molar-refractivity contribution in [3.05, 3.63) is 12.2 Å². The third-order valence-corrected chi connectivity index (χ3v) is 1.84. The summed E-state index contributed by atoms with van der Waals surface area (Å²) < 4.78 is 0. The molecule has 0 heterocycles. The van der Waals surface area contributed by atoms with Gasteiger partial charge < -0.3 is 10.4 Å². The Bertz CT molecular complexity index is 241. The number of allylic oxidation sites excluding steroid dienone is 1. The maximum absolute atomic E-state index is 10.9. The van der Waals surface area contributed by atoms with E-state index < -0.39 is 11.5 Å². The van der Waals surface area contributed by atoms with E-state index in [-0.39, 0.29) is 5.91 Å². The minimum absolute atomic E-state index is 0.336. The highest BCUT2D eigenvalue weighted by Crippen LogP contribution is 2.35. The average molecular weight is 169 g/mol. The van der Waals surface area contributed by atoms with Gasteiger partial charge in [-0.25, -0.2) is 4.79 Å². The van der Waals surface area contributed by atoms with E-state index in [1.54, 1.807) is 13.0 Å². The minimum atomic E-state index is -0.962. The van der Waals surface area contributed by atoms with Gasteiger partial charge in [0.25, 0.3) is 0 Å². The fraction of sp³-hybridized carbons (Fsp3) is 0.500. The van der Waals surface area contributed by atoms with Crippen LogP contribution in [0.15, 0.2) is 12.2 Å². The Morgan fingerprint density at radius 3 is 2.42 bits per heavy atom. The van der Waals surface area contributed by atoms with E-state index in [1.165, 1.54) is 6.08 Å². The van der Waals surface area contributed by atoms with Gasteiger partial charge in [-0.2, -0.15) is 0 Å². The van der Waals surface area contributed by atoms with E-state index in [1.807, 2.05) is 0 Å². The van der Waals surface area contributed by atoms with Crippen molar-refractivity contribution in [2.45, 2.75) is 25.3 Å². The summed E-state index contributed by atoms with van der Waals surface area (Å²) in [7, 11) is 0. The molecule has 0 aromatic rings. The Labute approximate surface area is 70.3 Å². The lowest BCUT2D eigenvalue weighted by Crippen LogP contribution is -2.42. The molecule has 1 saturated carbocycles. The highest BCUT2D eigenvalue weighted by Gasteiger charge is 2.51. The van der Waals surface area contributed by atoms with Gasteiger partial charge in [0, 0.05) is 0 Å². The summed E-state index contributed by atoms with van der Waals surface area (Å²) in [5.41, 5.74) is -0.962. The zero-order valence-electron chi connectivity index (χ0n) is 6.83. The summed E-state index contributed by atoms with van der Waals surface area (Å²) >= 11 is 0. The maximum Gasteiger partial charge on any atom is 0.329 e. The normalized spacial score (nSPS) is 19.1. The molecule has 1 aliphatic carbocycles. The zero-order valence-corrected chi connectivity index (χ0v) is 6.83. The molecule has 12 heavy (non-hydrogen) atoms. The van der Waals surface area contributed by atoms with Gasteiger partial charge in [0.1, 0.15) is 5.54 Å². The first-order chi connectivity index (χ1) is 5.60. The number of hydrogen-bond acceptors (Lipinski definition) is 2. The molecule has 0 radical (unpaired) electrons. The Morgan fingerprint density at radius 2 is 2.08 bits per heavy atom. The van der Waals surface area contributed by atoms with Gasteiger partial charge in [0.15, 0.2) is 0 Å². The largest absolute Gasteiger partial charge is 0.480 e. The Hall–Kier alpha value is -1.32. The number of rotatable bonds is 3. The second-order valence-electron chi connectivity index (χ2n) is 2.88. The van der Waals surface area contributed by atoms with Crippen LogP contribution in [0.4, 0.5) is 0 Å². The Kier molecular flexibility index (Phi) is 2.17. The molecule has 0 aliphatic heterocycles. The average Bonchev–Trinajstić information content (AvgIpc) is 2.69. The fourth-order valence-electron chi connectivity index (χ4n) is 0.946. The lowest BCUT2D eigenvalue weighted by Gasteiger charge is -2.09. The SMILES string of the molecule is C/C=C/C(=O)NC1(C(=O)O)CC1. The molecule has 1 rings (SSSR count). The number of carboxylic acids is 1. The van der Waals surface area contributed by atoms with Crippen molar-refractivity contribution in [3.8, 4) is 0 Å². The monoisotopic (exact) mass is 169 g/mol. The third-order valence-electron chi connectivity index (χ3n) is 1.84. The summed E-state index contributed by atoms with van der Waals surface area (Å²) in [5.74, 6) is -1.28. The van der Waals surface area contributed by atoms with E-state index in [2.05, 4.69) is 5.32 Å². The van der Waals surface area contributed by atoms with Crippen molar-refractivity contribution >= 4 is 11.9 Å². The first-order valence-electron chi connectivity index (χ1n) is 3.79. The standard InChI is InChI=1S/C8H11NO3/c1-2-3-6(10)9-8(4-5-8)7(11)12/h2-3H,4-5H2,1H3,(H,9,10)(H,11,12)/b3-2+. The number of aliphatic carboxylic acids is 1. The highest BCUT2D eigenvalue weighted by molar-refractivity contribution is 5.94. The van der Waals surface area contributed by atoms with Gasteiger partial charge in [-0.15, -0.1) is 0 Å². The van der Waals surface area contributed by atoms with Crippen LogP contribution in [0.1, 0.15) is 19.8 Å². The number of carbonyl (C=O) groups excluding carboxylic acids is 1. The summed E-state index contributed by atoms with van der Waals surface area (Å²) in [5, 5.41) is 11.1. The Morgan fingerprint density at radius 1 is 1.50 bits per heavy atom. The van der Waals surface area contributed by atoms with Gasteiger partial charge in [-0.1, -0.05) is 6.08 Å². The molecule has 1 aliphatic rings. The highest BCUT2D eigenvalue weighted by atomic mass is 16.4. The quantitative estimate of drug-likeness (QED) is 0.597. The number of amides is 1. The fourth-order valence-corrected chi connectivity index (χ4v) is 0.946. The van der Waals surface area contributed by atoms with Crippen molar-refractivity contribution in [2.24, 2.45) is 0 Å². The van der Waals surface area contributed by atoms with Crippen LogP contribution in [0.3, 0.4) is 0 Å². The van der Waals surface area contributed by atoms with Crippen molar-refractivity contribution in [1.82, 2.24) is 5.32 Å². The van der Waals surface area contributed by atoms with Crippen molar-refractivity contribution in [2.75, 3.05) is 0 Å². The maximum atomic E-state index is 10.9. The molecule has 0 unspecified atom stereocenters. The summed E-state index contributed by atoms with van der Waals surface area (Å²) in [6.45, 7) is 1.71. The molecule has 0 aromatic carbocycles. The van der Waals surface area contributed by atoms with Crippen LogP contribution < -0.4 is 5.32 Å². The van der Waals surface area contributed by atoms with E-state index in [9.17, 15) is 9.59 Å². The van der Waals surface area contributed by atoms with E-state index in [0.29, 0.717) is 12.8 Å². The Balaban J connectivity index is 2.51. The van der Waals surface area contributed by atoms with Gasteiger partial charge in [0.05, 0.1) is 0 Å². The molecule has 66 valence electrons. The number of nitrogens with one attached hydrogen (secondary N) is 1. The molecule has 1 fully saturated rings. The van der Waals surface area contributed by atoms with E-state index in [0.717, 1.165) is 0 Å². The molecular weight excluding hydrogens is 158 g/mol. The van der Waals surface area contributed by atoms with Crippen molar-refractivity contribution in [3.63, 3.8) is 0 Å². The summed E-state index contributed by atoms with van der Waals surface area (Å²) in [4.78, 5) is 21.5. The van der Waals surface area contributed by atoms with Crippen LogP contribution in [-0.4, -0.2) is 22.5 Å². The van der Waals surface area contributed by atoms with E-state index in [4.69, 9.17) is 5.11 Å². The van der Waals surface area contributed by atoms with Crippen LogP contribution in [0, 0.1) is 0 Å². The molecular formula is C8H11NO3. The molecule has 0 aromatic heterocycles. The van der Waals surface area contributed by atoms with Gasteiger partial charge in [-0.05, 0) is 25.8 Å². The lowest BCUT2D eigenvalue weighted by atomic mass is 10.2.